The summed E-state index contributed by atoms with van der Waals surface area (Å²) in [5.41, 5.74) is 2.04. The molecule has 4 nitrogen and oxygen atoms in total. The molecular weight excluding hydrogens is 264 g/mol. The predicted octanol–water partition coefficient (Wildman–Crippen LogP) is 2.65. The molecule has 2 aromatic carbocycles. The van der Waals surface area contributed by atoms with E-state index in [1.165, 1.54) is 0 Å². The van der Waals surface area contributed by atoms with E-state index in [0.29, 0.717) is 19.6 Å². The number of aromatic nitrogens is 2. The van der Waals surface area contributed by atoms with Crippen molar-refractivity contribution in [2.24, 2.45) is 0 Å². The molecule has 0 atom stereocenters. The maximum absolute atomic E-state index is 9.19. The zero-order valence-electron chi connectivity index (χ0n) is 11.8. The van der Waals surface area contributed by atoms with E-state index in [1.54, 1.807) is 0 Å². The number of rotatable bonds is 6. The molecule has 0 fully saturated rings. The van der Waals surface area contributed by atoms with Gasteiger partial charge in [-0.25, -0.2) is 4.98 Å². The summed E-state index contributed by atoms with van der Waals surface area (Å²) in [6.45, 7) is 1.39. The molecule has 108 valence electrons. The fourth-order valence-corrected chi connectivity index (χ4v) is 2.44. The smallest absolute Gasteiger partial charge is 0.119 e. The van der Waals surface area contributed by atoms with Crippen LogP contribution in [0, 0.1) is 0 Å². The van der Waals surface area contributed by atoms with Gasteiger partial charge in [0.1, 0.15) is 18.2 Å². The van der Waals surface area contributed by atoms with E-state index in [2.05, 4.69) is 9.55 Å². The van der Waals surface area contributed by atoms with Crippen LogP contribution in [0.5, 0.6) is 5.75 Å². The van der Waals surface area contributed by atoms with Gasteiger partial charge in [-0.05, 0) is 24.3 Å². The molecule has 1 N–H and O–H groups in total. The van der Waals surface area contributed by atoms with Gasteiger partial charge in [-0.3, -0.25) is 0 Å². The molecule has 0 unspecified atom stereocenters. The third-order valence-corrected chi connectivity index (χ3v) is 3.40. The van der Waals surface area contributed by atoms with Crippen LogP contribution in [0.3, 0.4) is 0 Å². The maximum atomic E-state index is 9.19. The topological polar surface area (TPSA) is 47.3 Å². The second-order valence-corrected chi connectivity index (χ2v) is 4.80. The monoisotopic (exact) mass is 282 g/mol. The van der Waals surface area contributed by atoms with E-state index in [4.69, 9.17) is 4.74 Å². The normalized spacial score (nSPS) is 10.9. The van der Waals surface area contributed by atoms with Crippen LogP contribution in [0.4, 0.5) is 0 Å². The summed E-state index contributed by atoms with van der Waals surface area (Å²) >= 11 is 0. The minimum absolute atomic E-state index is 0.100. The summed E-state index contributed by atoms with van der Waals surface area (Å²) in [6, 6.07) is 17.8. The van der Waals surface area contributed by atoms with Gasteiger partial charge in [0.25, 0.3) is 0 Å². The Morgan fingerprint density at radius 3 is 2.57 bits per heavy atom. The van der Waals surface area contributed by atoms with E-state index in [0.717, 1.165) is 22.6 Å². The minimum Gasteiger partial charge on any atom is -0.492 e. The van der Waals surface area contributed by atoms with Crippen molar-refractivity contribution >= 4 is 11.0 Å². The number of aliphatic hydroxyl groups excluding tert-OH is 1. The van der Waals surface area contributed by atoms with Gasteiger partial charge in [-0.1, -0.05) is 30.3 Å². The van der Waals surface area contributed by atoms with Gasteiger partial charge in [0.15, 0.2) is 0 Å². The molecule has 0 saturated carbocycles. The Morgan fingerprint density at radius 2 is 1.76 bits per heavy atom. The average molecular weight is 282 g/mol. The number of aliphatic hydroxyl groups is 1. The highest BCUT2D eigenvalue weighted by atomic mass is 16.5. The van der Waals surface area contributed by atoms with Crippen LogP contribution < -0.4 is 4.74 Å². The highest BCUT2D eigenvalue weighted by Gasteiger charge is 2.09. The summed E-state index contributed by atoms with van der Waals surface area (Å²) in [4.78, 5) is 4.58. The summed E-state index contributed by atoms with van der Waals surface area (Å²) < 4.78 is 7.87. The third kappa shape index (κ3) is 3.06. The van der Waals surface area contributed by atoms with Crippen molar-refractivity contribution in [1.82, 2.24) is 9.55 Å². The van der Waals surface area contributed by atoms with Crippen molar-refractivity contribution in [2.45, 2.75) is 13.0 Å². The first-order valence-electron chi connectivity index (χ1n) is 7.11. The summed E-state index contributed by atoms with van der Waals surface area (Å²) in [5, 5.41) is 9.19. The molecule has 4 heteroatoms. The van der Waals surface area contributed by atoms with E-state index in [1.807, 2.05) is 54.6 Å². The quantitative estimate of drug-likeness (QED) is 0.756. The number of imidazole rings is 1. The predicted molar refractivity (Wildman–Crippen MR) is 82.5 cm³/mol. The van der Waals surface area contributed by atoms with Gasteiger partial charge in [-0.15, -0.1) is 0 Å². The van der Waals surface area contributed by atoms with Crippen LogP contribution in [0.25, 0.3) is 11.0 Å². The molecule has 1 aromatic heterocycles. The van der Waals surface area contributed by atoms with E-state index < -0.39 is 0 Å². The molecule has 0 saturated heterocycles. The summed E-state index contributed by atoms with van der Waals surface area (Å²) in [5.74, 6) is 1.76. The Balaban J connectivity index is 1.77. The zero-order valence-corrected chi connectivity index (χ0v) is 11.8. The molecule has 21 heavy (non-hydrogen) atoms. The van der Waals surface area contributed by atoms with Crippen molar-refractivity contribution in [2.75, 3.05) is 13.2 Å². The minimum atomic E-state index is 0.100. The van der Waals surface area contributed by atoms with Gasteiger partial charge in [0.2, 0.25) is 0 Å². The Labute approximate surface area is 123 Å². The molecule has 3 aromatic rings. The van der Waals surface area contributed by atoms with Crippen molar-refractivity contribution in [1.29, 1.82) is 0 Å². The molecule has 0 amide bonds. The Kier molecular flexibility index (Phi) is 4.17. The summed E-state index contributed by atoms with van der Waals surface area (Å²) in [7, 11) is 0. The number of fused-ring (bicyclic) bond motifs is 1. The Hall–Kier alpha value is -2.33. The highest BCUT2D eigenvalue weighted by Crippen LogP contribution is 2.17. The van der Waals surface area contributed by atoms with Gasteiger partial charge >= 0.3 is 0 Å². The van der Waals surface area contributed by atoms with E-state index in [-0.39, 0.29) is 6.61 Å². The lowest BCUT2D eigenvalue weighted by Crippen LogP contribution is -2.12. The number of para-hydroxylation sites is 3. The van der Waals surface area contributed by atoms with E-state index >= 15 is 0 Å². The number of ether oxygens (including phenoxy) is 1. The largest absolute Gasteiger partial charge is 0.492 e. The molecule has 1 heterocycles. The first kappa shape index (κ1) is 13.6. The van der Waals surface area contributed by atoms with Crippen molar-refractivity contribution in [3.05, 3.63) is 60.4 Å². The molecule has 0 radical (unpaired) electrons. The Bertz CT molecular complexity index is 707. The van der Waals surface area contributed by atoms with Crippen LogP contribution in [-0.2, 0) is 13.0 Å². The number of benzene rings is 2. The van der Waals surface area contributed by atoms with Crippen molar-refractivity contribution in [3.8, 4) is 5.75 Å². The van der Waals surface area contributed by atoms with Gasteiger partial charge in [-0.2, -0.15) is 0 Å². The third-order valence-electron chi connectivity index (χ3n) is 3.40. The fourth-order valence-electron chi connectivity index (χ4n) is 2.44. The van der Waals surface area contributed by atoms with Crippen LogP contribution >= 0.6 is 0 Å². The number of hydrogen-bond acceptors (Lipinski definition) is 3. The summed E-state index contributed by atoms with van der Waals surface area (Å²) in [6.07, 6.45) is 0.556. The molecule has 0 aliphatic carbocycles. The van der Waals surface area contributed by atoms with Crippen LogP contribution in [0.15, 0.2) is 54.6 Å². The Morgan fingerprint density at radius 1 is 1.00 bits per heavy atom. The van der Waals surface area contributed by atoms with Gasteiger partial charge < -0.3 is 14.4 Å². The lowest BCUT2D eigenvalue weighted by Gasteiger charge is -2.10. The van der Waals surface area contributed by atoms with Crippen LogP contribution in [0.2, 0.25) is 0 Å². The fraction of sp³-hybridized carbons (Fsp3) is 0.235. The van der Waals surface area contributed by atoms with Crippen LogP contribution in [-0.4, -0.2) is 27.9 Å². The van der Waals surface area contributed by atoms with Crippen molar-refractivity contribution in [3.63, 3.8) is 0 Å². The molecular formula is C17H18N2O2. The molecule has 0 bridgehead atoms. The van der Waals surface area contributed by atoms with E-state index in [9.17, 15) is 5.11 Å². The first-order valence-corrected chi connectivity index (χ1v) is 7.11. The lowest BCUT2D eigenvalue weighted by atomic mass is 10.3. The number of nitrogens with zero attached hydrogens (tertiary/aromatic N) is 2. The zero-order chi connectivity index (χ0) is 14.5. The lowest BCUT2D eigenvalue weighted by molar-refractivity contribution is 0.283. The second kappa shape index (κ2) is 6.41. The first-order chi connectivity index (χ1) is 10.4. The van der Waals surface area contributed by atoms with Gasteiger partial charge in [0.05, 0.1) is 24.2 Å². The van der Waals surface area contributed by atoms with Crippen molar-refractivity contribution < 1.29 is 9.84 Å². The molecule has 3 rings (SSSR count). The van der Waals surface area contributed by atoms with Crippen LogP contribution in [0.1, 0.15) is 5.82 Å². The second-order valence-electron chi connectivity index (χ2n) is 4.80. The standard InChI is InChI=1S/C17H18N2O2/c20-12-10-17-18-15-8-4-5-9-16(15)19(17)11-13-21-14-6-2-1-3-7-14/h1-9,20H,10-13H2. The van der Waals surface area contributed by atoms with Gasteiger partial charge in [0, 0.05) is 6.42 Å². The average Bonchev–Trinajstić information content (AvgIpc) is 2.87. The molecule has 0 aliphatic rings. The number of hydrogen-bond donors (Lipinski definition) is 1. The molecule has 0 aliphatic heterocycles. The SMILES string of the molecule is OCCc1nc2ccccc2n1CCOc1ccccc1. The maximum Gasteiger partial charge on any atom is 0.119 e. The molecule has 0 spiro atoms. The highest BCUT2D eigenvalue weighted by molar-refractivity contribution is 5.75.